The third-order valence-electron chi connectivity index (χ3n) is 3.77. The molecule has 1 aliphatic rings. The second-order valence-corrected chi connectivity index (χ2v) is 6.10. The molecule has 2 N–H and O–H groups in total. The summed E-state index contributed by atoms with van der Waals surface area (Å²) in [6.45, 7) is 1.75. The van der Waals surface area contributed by atoms with E-state index in [4.69, 9.17) is 10.5 Å². The number of aromatic nitrogens is 2. The minimum Gasteiger partial charge on any atom is -0.382 e. The van der Waals surface area contributed by atoms with Crippen molar-refractivity contribution in [3.63, 3.8) is 0 Å². The van der Waals surface area contributed by atoms with Gasteiger partial charge in [0.1, 0.15) is 10.8 Å². The van der Waals surface area contributed by atoms with Crippen LogP contribution in [0, 0.1) is 0 Å². The Morgan fingerprint density at radius 3 is 2.90 bits per heavy atom. The Morgan fingerprint density at radius 2 is 2.19 bits per heavy atom. The highest BCUT2D eigenvalue weighted by atomic mass is 32.1. The molecule has 0 radical (unpaired) electrons. The van der Waals surface area contributed by atoms with Gasteiger partial charge in [0.2, 0.25) is 0 Å². The summed E-state index contributed by atoms with van der Waals surface area (Å²) in [4.78, 5) is 6.27. The van der Waals surface area contributed by atoms with Crippen LogP contribution in [-0.4, -0.2) is 35.7 Å². The maximum absolute atomic E-state index is 6.07. The molecule has 0 spiro atoms. The lowest BCUT2D eigenvalue weighted by Crippen LogP contribution is -2.33. The molecule has 0 aliphatic carbocycles. The first-order valence-corrected chi connectivity index (χ1v) is 8.01. The van der Waals surface area contributed by atoms with Crippen molar-refractivity contribution in [3.05, 3.63) is 24.5 Å². The first-order valence-electron chi connectivity index (χ1n) is 7.24. The van der Waals surface area contributed by atoms with Crippen LogP contribution in [0.3, 0.4) is 0 Å². The van der Waals surface area contributed by atoms with E-state index in [1.54, 1.807) is 12.4 Å². The summed E-state index contributed by atoms with van der Waals surface area (Å²) in [5.41, 5.74) is 8.12. The van der Waals surface area contributed by atoms with E-state index in [0.29, 0.717) is 11.9 Å². The van der Waals surface area contributed by atoms with Gasteiger partial charge in [-0.25, -0.2) is 0 Å². The average molecular weight is 304 g/mol. The van der Waals surface area contributed by atoms with Crippen LogP contribution in [0.2, 0.25) is 0 Å². The molecule has 2 aromatic rings. The smallest absolute Gasteiger partial charge is 0.147 e. The normalized spacial score (nSPS) is 18.6. The molecule has 1 fully saturated rings. The number of hydrogen-bond donors (Lipinski definition) is 1. The minimum absolute atomic E-state index is 0.303. The number of anilines is 2. The summed E-state index contributed by atoms with van der Waals surface area (Å²) in [5, 5.41) is 1.09. The Balaban J connectivity index is 1.82. The predicted octanol–water partition coefficient (Wildman–Crippen LogP) is 2.79. The molecule has 0 saturated carbocycles. The quantitative estimate of drug-likeness (QED) is 0.941. The van der Waals surface area contributed by atoms with Gasteiger partial charge in [-0.05, 0) is 48.5 Å². The van der Waals surface area contributed by atoms with Crippen LogP contribution in [0.25, 0.3) is 11.1 Å². The van der Waals surface area contributed by atoms with Gasteiger partial charge >= 0.3 is 0 Å². The van der Waals surface area contributed by atoms with Gasteiger partial charge in [0.25, 0.3) is 0 Å². The predicted molar refractivity (Wildman–Crippen MR) is 86.6 cm³/mol. The van der Waals surface area contributed by atoms with Crippen molar-refractivity contribution in [3.8, 4) is 11.1 Å². The lowest BCUT2D eigenvalue weighted by atomic mass is 10.1. The van der Waals surface area contributed by atoms with Gasteiger partial charge in [-0.2, -0.15) is 4.37 Å². The van der Waals surface area contributed by atoms with Crippen LogP contribution in [-0.2, 0) is 4.74 Å². The molecule has 6 heteroatoms. The molecule has 1 atom stereocenters. The molecule has 21 heavy (non-hydrogen) atoms. The van der Waals surface area contributed by atoms with E-state index in [1.807, 2.05) is 12.1 Å². The van der Waals surface area contributed by atoms with Crippen molar-refractivity contribution in [1.29, 1.82) is 0 Å². The van der Waals surface area contributed by atoms with E-state index < -0.39 is 0 Å². The summed E-state index contributed by atoms with van der Waals surface area (Å²) in [6, 6.07) is 3.93. The van der Waals surface area contributed by atoms with Gasteiger partial charge in [-0.1, -0.05) is 0 Å². The second-order valence-electron chi connectivity index (χ2n) is 5.35. The zero-order valence-corrected chi connectivity index (χ0v) is 13.0. The van der Waals surface area contributed by atoms with E-state index in [2.05, 4.69) is 21.3 Å². The molecule has 0 aromatic carbocycles. The van der Waals surface area contributed by atoms with E-state index in [0.717, 1.165) is 35.7 Å². The van der Waals surface area contributed by atoms with Crippen molar-refractivity contribution < 1.29 is 4.74 Å². The van der Waals surface area contributed by atoms with Crippen LogP contribution < -0.4 is 10.6 Å². The number of ether oxygens (including phenoxy) is 1. The number of nitrogens with zero attached hydrogens (tertiary/aromatic N) is 3. The van der Waals surface area contributed by atoms with Crippen LogP contribution in [0.1, 0.15) is 19.3 Å². The molecule has 5 nitrogen and oxygen atoms in total. The van der Waals surface area contributed by atoms with Gasteiger partial charge in [0.05, 0.1) is 11.7 Å². The number of nitrogens with two attached hydrogens (primary N) is 1. The average Bonchev–Trinajstić information content (AvgIpc) is 2.91. The Morgan fingerprint density at radius 1 is 1.38 bits per heavy atom. The third kappa shape index (κ3) is 3.16. The molecule has 1 unspecified atom stereocenters. The standard InChI is InChI=1S/C15H20N4OS/c1-19(10-12-4-2-3-9-20-12)15-13(14(16)18-21-15)11-5-7-17-8-6-11/h5-8,12H,2-4,9-10H2,1H3,(H2,16,18). The van der Waals surface area contributed by atoms with E-state index in [-0.39, 0.29) is 0 Å². The summed E-state index contributed by atoms with van der Waals surface area (Å²) in [5.74, 6) is 0.581. The van der Waals surface area contributed by atoms with Crippen molar-refractivity contribution in [1.82, 2.24) is 9.36 Å². The SMILES string of the molecule is CN(CC1CCCCO1)c1snc(N)c1-c1ccncc1. The summed E-state index contributed by atoms with van der Waals surface area (Å²) in [7, 11) is 2.08. The fraction of sp³-hybridized carbons (Fsp3) is 0.467. The molecular formula is C15H20N4OS. The second kappa shape index (κ2) is 6.41. The Labute approximate surface area is 128 Å². The fourth-order valence-electron chi connectivity index (χ4n) is 2.68. The Kier molecular flexibility index (Phi) is 4.36. The number of hydrogen-bond acceptors (Lipinski definition) is 6. The zero-order valence-electron chi connectivity index (χ0n) is 12.2. The highest BCUT2D eigenvalue weighted by Crippen LogP contribution is 2.38. The molecule has 112 valence electrons. The largest absolute Gasteiger partial charge is 0.382 e. The van der Waals surface area contributed by atoms with Gasteiger partial charge in [0, 0.05) is 32.6 Å². The lowest BCUT2D eigenvalue weighted by Gasteiger charge is -2.28. The third-order valence-corrected chi connectivity index (χ3v) is 4.74. The van der Waals surface area contributed by atoms with Crippen LogP contribution >= 0.6 is 11.5 Å². The minimum atomic E-state index is 0.303. The van der Waals surface area contributed by atoms with Gasteiger partial charge < -0.3 is 15.4 Å². The zero-order chi connectivity index (χ0) is 14.7. The van der Waals surface area contributed by atoms with Crippen LogP contribution in [0.15, 0.2) is 24.5 Å². The summed E-state index contributed by atoms with van der Waals surface area (Å²) in [6.07, 6.45) is 7.41. The van der Waals surface area contributed by atoms with E-state index >= 15 is 0 Å². The fourth-order valence-corrected chi connectivity index (χ4v) is 3.49. The van der Waals surface area contributed by atoms with Gasteiger partial charge in [-0.3, -0.25) is 4.98 Å². The van der Waals surface area contributed by atoms with Crippen LogP contribution in [0.4, 0.5) is 10.8 Å². The topological polar surface area (TPSA) is 64.3 Å². The number of rotatable bonds is 4. The molecule has 1 saturated heterocycles. The first kappa shape index (κ1) is 14.3. The monoisotopic (exact) mass is 304 g/mol. The van der Waals surface area contributed by atoms with Crippen molar-refractivity contribution >= 4 is 22.4 Å². The van der Waals surface area contributed by atoms with Gasteiger partial charge in [0.15, 0.2) is 0 Å². The number of likely N-dealkylation sites (N-methyl/N-ethyl adjacent to an activating group) is 1. The number of nitrogen functional groups attached to an aromatic ring is 1. The molecule has 3 rings (SSSR count). The highest BCUT2D eigenvalue weighted by Gasteiger charge is 2.21. The molecule has 3 heterocycles. The highest BCUT2D eigenvalue weighted by molar-refractivity contribution is 7.11. The van der Waals surface area contributed by atoms with Crippen molar-refractivity contribution in [2.75, 3.05) is 30.8 Å². The summed E-state index contributed by atoms with van der Waals surface area (Å²) >= 11 is 1.44. The number of pyridine rings is 1. The molecular weight excluding hydrogens is 284 g/mol. The molecule has 2 aromatic heterocycles. The van der Waals surface area contributed by atoms with E-state index in [9.17, 15) is 0 Å². The Hall–Kier alpha value is -1.66. The first-order chi connectivity index (χ1) is 10.3. The van der Waals surface area contributed by atoms with Gasteiger partial charge in [-0.15, -0.1) is 0 Å². The summed E-state index contributed by atoms with van der Waals surface area (Å²) < 4.78 is 10.1. The molecule has 0 amide bonds. The van der Waals surface area contributed by atoms with Crippen LogP contribution in [0.5, 0.6) is 0 Å². The van der Waals surface area contributed by atoms with Crippen molar-refractivity contribution in [2.24, 2.45) is 0 Å². The molecule has 1 aliphatic heterocycles. The maximum Gasteiger partial charge on any atom is 0.147 e. The van der Waals surface area contributed by atoms with Crippen molar-refractivity contribution in [2.45, 2.75) is 25.4 Å². The van der Waals surface area contributed by atoms with E-state index in [1.165, 1.54) is 24.4 Å². The Bertz CT molecular complexity index is 581. The lowest BCUT2D eigenvalue weighted by molar-refractivity contribution is 0.0217. The maximum atomic E-state index is 6.07. The molecule has 0 bridgehead atoms.